The topological polar surface area (TPSA) is 114 Å². The largest absolute Gasteiger partial charge is 0.369 e. The lowest BCUT2D eigenvalue weighted by atomic mass is 10.2. The third kappa shape index (κ3) is 2.94. The normalized spacial score (nSPS) is 16.7. The van der Waals surface area contributed by atoms with Crippen LogP contribution in [0.1, 0.15) is 17.3 Å². The summed E-state index contributed by atoms with van der Waals surface area (Å²) < 4.78 is 26.2. The summed E-state index contributed by atoms with van der Waals surface area (Å²) in [5.41, 5.74) is 7.50. The third-order valence-electron chi connectivity index (χ3n) is 4.17. The van der Waals surface area contributed by atoms with Crippen LogP contribution >= 0.6 is 0 Å². The van der Waals surface area contributed by atoms with E-state index in [2.05, 4.69) is 9.97 Å². The first-order chi connectivity index (χ1) is 11.3. The fraction of sp³-hybridized carbons (Fsp3) is 0.500. The minimum atomic E-state index is -3.22. The number of hydrogen-bond acceptors (Lipinski definition) is 6. The molecule has 2 N–H and O–H groups in total. The van der Waals surface area contributed by atoms with Gasteiger partial charge >= 0.3 is 0 Å². The van der Waals surface area contributed by atoms with Gasteiger partial charge in [-0.25, -0.2) is 18.4 Å². The van der Waals surface area contributed by atoms with Crippen LogP contribution in [0.25, 0.3) is 11.2 Å². The van der Waals surface area contributed by atoms with Crippen LogP contribution in [0.3, 0.4) is 0 Å². The summed E-state index contributed by atoms with van der Waals surface area (Å²) in [6.07, 6.45) is 2.69. The number of nitrogens with two attached hydrogens (primary N) is 1. The SMILES string of the molecule is CCn1c(N)nc2cc(C(=O)N3CCN(S(C)(=O)=O)CC3)cnc21. The Balaban J connectivity index is 1.80. The minimum absolute atomic E-state index is 0.179. The van der Waals surface area contributed by atoms with Gasteiger partial charge in [-0.2, -0.15) is 4.31 Å². The Labute approximate surface area is 140 Å². The Morgan fingerprint density at radius 1 is 1.29 bits per heavy atom. The number of rotatable bonds is 3. The summed E-state index contributed by atoms with van der Waals surface area (Å²) in [4.78, 5) is 22.8. The number of aryl methyl sites for hydroxylation is 1. The molecule has 0 aromatic carbocycles. The zero-order valence-electron chi connectivity index (χ0n) is 13.6. The number of pyridine rings is 1. The molecule has 10 heteroatoms. The van der Waals surface area contributed by atoms with Crippen molar-refractivity contribution in [3.05, 3.63) is 17.8 Å². The zero-order valence-corrected chi connectivity index (χ0v) is 14.5. The molecule has 0 spiro atoms. The molecule has 130 valence electrons. The summed E-state index contributed by atoms with van der Waals surface area (Å²) in [6, 6.07) is 1.68. The van der Waals surface area contributed by atoms with Crippen molar-refractivity contribution in [2.24, 2.45) is 0 Å². The van der Waals surface area contributed by atoms with Gasteiger partial charge in [-0.05, 0) is 13.0 Å². The smallest absolute Gasteiger partial charge is 0.255 e. The van der Waals surface area contributed by atoms with E-state index < -0.39 is 10.0 Å². The van der Waals surface area contributed by atoms with Crippen molar-refractivity contribution < 1.29 is 13.2 Å². The number of fused-ring (bicyclic) bond motifs is 1. The summed E-state index contributed by atoms with van der Waals surface area (Å²) in [6.45, 7) is 3.91. The number of amides is 1. The highest BCUT2D eigenvalue weighted by atomic mass is 32.2. The van der Waals surface area contributed by atoms with E-state index in [1.165, 1.54) is 16.8 Å². The number of sulfonamides is 1. The number of carbonyl (C=O) groups is 1. The van der Waals surface area contributed by atoms with E-state index in [1.54, 1.807) is 15.5 Å². The predicted molar refractivity (Wildman–Crippen MR) is 89.9 cm³/mol. The molecule has 1 saturated heterocycles. The maximum Gasteiger partial charge on any atom is 0.255 e. The molecule has 24 heavy (non-hydrogen) atoms. The lowest BCUT2D eigenvalue weighted by molar-refractivity contribution is 0.0698. The number of carbonyl (C=O) groups excluding carboxylic acids is 1. The van der Waals surface area contributed by atoms with E-state index in [-0.39, 0.29) is 5.91 Å². The second kappa shape index (κ2) is 6.02. The number of hydrogen-bond donors (Lipinski definition) is 1. The van der Waals surface area contributed by atoms with Crippen LogP contribution in [0.15, 0.2) is 12.3 Å². The van der Waals surface area contributed by atoms with Crippen LogP contribution < -0.4 is 5.73 Å². The third-order valence-corrected chi connectivity index (χ3v) is 5.48. The molecule has 1 amide bonds. The van der Waals surface area contributed by atoms with Crippen LogP contribution in [0, 0.1) is 0 Å². The van der Waals surface area contributed by atoms with Crippen LogP contribution in [-0.4, -0.2) is 70.5 Å². The van der Waals surface area contributed by atoms with Gasteiger partial charge in [0, 0.05) is 38.9 Å². The van der Waals surface area contributed by atoms with Gasteiger partial charge in [-0.3, -0.25) is 9.36 Å². The van der Waals surface area contributed by atoms with Gasteiger partial charge in [0.1, 0.15) is 5.52 Å². The Kier molecular flexibility index (Phi) is 4.18. The summed E-state index contributed by atoms with van der Waals surface area (Å²) in [5.74, 6) is 0.188. The number of anilines is 1. The Bertz CT molecular complexity index is 883. The number of imidazole rings is 1. The Morgan fingerprint density at radius 2 is 1.96 bits per heavy atom. The molecule has 0 unspecified atom stereocenters. The summed E-state index contributed by atoms with van der Waals surface area (Å²) in [7, 11) is -3.22. The summed E-state index contributed by atoms with van der Waals surface area (Å²) >= 11 is 0. The predicted octanol–water partition coefficient (Wildman–Crippen LogP) is -0.249. The van der Waals surface area contributed by atoms with Crippen molar-refractivity contribution in [1.82, 2.24) is 23.7 Å². The average molecular weight is 352 g/mol. The molecule has 0 bridgehead atoms. The maximum atomic E-state index is 12.6. The minimum Gasteiger partial charge on any atom is -0.369 e. The first-order valence-electron chi connectivity index (χ1n) is 7.67. The second-order valence-electron chi connectivity index (χ2n) is 5.74. The number of nitrogen functional groups attached to an aromatic ring is 1. The first-order valence-corrected chi connectivity index (χ1v) is 9.52. The van der Waals surface area contributed by atoms with Gasteiger partial charge in [0.15, 0.2) is 5.65 Å². The lowest BCUT2D eigenvalue weighted by Crippen LogP contribution is -2.50. The Hall–Kier alpha value is -2.20. The average Bonchev–Trinajstić information content (AvgIpc) is 2.87. The fourth-order valence-corrected chi connectivity index (χ4v) is 3.69. The van der Waals surface area contributed by atoms with Gasteiger partial charge in [0.05, 0.1) is 11.8 Å². The molecule has 1 aliphatic rings. The van der Waals surface area contributed by atoms with E-state index in [4.69, 9.17) is 5.73 Å². The van der Waals surface area contributed by atoms with Gasteiger partial charge in [0.25, 0.3) is 5.91 Å². The molecule has 2 aromatic heterocycles. The van der Waals surface area contributed by atoms with E-state index in [0.717, 1.165) is 0 Å². The number of nitrogens with zero attached hydrogens (tertiary/aromatic N) is 5. The quantitative estimate of drug-likeness (QED) is 0.815. The standard InChI is InChI=1S/C14H20N6O3S/c1-3-20-12-11(17-14(20)15)8-10(9-16-12)13(21)18-4-6-19(7-5-18)24(2,22)23/h8-9H,3-7H2,1-2H3,(H2,15,17). The van der Waals surface area contributed by atoms with Gasteiger partial charge in [-0.15, -0.1) is 0 Å². The molecule has 3 heterocycles. The monoisotopic (exact) mass is 352 g/mol. The highest BCUT2D eigenvalue weighted by Gasteiger charge is 2.27. The van der Waals surface area contributed by atoms with Gasteiger partial charge in [0.2, 0.25) is 16.0 Å². The van der Waals surface area contributed by atoms with Crippen molar-refractivity contribution in [2.45, 2.75) is 13.5 Å². The molecule has 3 rings (SSSR count). The van der Waals surface area contributed by atoms with Crippen LogP contribution in [0.2, 0.25) is 0 Å². The van der Waals surface area contributed by atoms with Gasteiger partial charge in [-0.1, -0.05) is 0 Å². The second-order valence-corrected chi connectivity index (χ2v) is 7.72. The molecule has 2 aromatic rings. The van der Waals surface area contributed by atoms with Crippen LogP contribution in [0.5, 0.6) is 0 Å². The molecular weight excluding hydrogens is 332 g/mol. The van der Waals surface area contributed by atoms with Crippen LogP contribution in [-0.2, 0) is 16.6 Å². The molecule has 9 nitrogen and oxygen atoms in total. The highest BCUT2D eigenvalue weighted by Crippen LogP contribution is 2.18. The molecule has 1 fully saturated rings. The highest BCUT2D eigenvalue weighted by molar-refractivity contribution is 7.88. The van der Waals surface area contributed by atoms with Crippen molar-refractivity contribution in [3.8, 4) is 0 Å². The molecule has 0 radical (unpaired) electrons. The fourth-order valence-electron chi connectivity index (χ4n) is 2.86. The van der Waals surface area contributed by atoms with Crippen molar-refractivity contribution >= 4 is 33.0 Å². The molecule has 1 aliphatic heterocycles. The lowest BCUT2D eigenvalue weighted by Gasteiger charge is -2.33. The molecule has 0 saturated carbocycles. The molecular formula is C14H20N6O3S. The first kappa shape index (κ1) is 16.7. The molecule has 0 aliphatic carbocycles. The van der Waals surface area contributed by atoms with Crippen molar-refractivity contribution in [3.63, 3.8) is 0 Å². The summed E-state index contributed by atoms with van der Waals surface area (Å²) in [5, 5.41) is 0. The van der Waals surface area contributed by atoms with E-state index in [1.807, 2.05) is 6.92 Å². The number of aromatic nitrogens is 3. The van der Waals surface area contributed by atoms with Crippen LogP contribution in [0.4, 0.5) is 5.95 Å². The van der Waals surface area contributed by atoms with Gasteiger partial charge < -0.3 is 10.6 Å². The van der Waals surface area contributed by atoms with Crippen molar-refractivity contribution in [2.75, 3.05) is 38.2 Å². The number of piperazine rings is 1. The van der Waals surface area contributed by atoms with E-state index >= 15 is 0 Å². The van der Waals surface area contributed by atoms with E-state index in [0.29, 0.717) is 55.4 Å². The molecule has 0 atom stereocenters. The Morgan fingerprint density at radius 3 is 2.54 bits per heavy atom. The zero-order chi connectivity index (χ0) is 17.5. The maximum absolute atomic E-state index is 12.6. The van der Waals surface area contributed by atoms with Crippen molar-refractivity contribution in [1.29, 1.82) is 0 Å². The van der Waals surface area contributed by atoms with E-state index in [9.17, 15) is 13.2 Å².